The summed E-state index contributed by atoms with van der Waals surface area (Å²) in [6.45, 7) is 8.53. The van der Waals surface area contributed by atoms with E-state index >= 15 is 0 Å². The van der Waals surface area contributed by atoms with Crippen LogP contribution in [0.5, 0.6) is 0 Å². The summed E-state index contributed by atoms with van der Waals surface area (Å²) >= 11 is 1.89. The maximum absolute atomic E-state index is 4.62. The SMILES string of the molecule is CCCNCc1cn(C)nc1-c1ccc(SC(C)C)cc1. The Morgan fingerprint density at radius 3 is 2.57 bits per heavy atom. The van der Waals surface area contributed by atoms with Gasteiger partial charge in [0.25, 0.3) is 0 Å². The molecular weight excluding hydrogens is 278 g/mol. The lowest BCUT2D eigenvalue weighted by atomic mass is 10.1. The lowest BCUT2D eigenvalue weighted by molar-refractivity contribution is 0.675. The van der Waals surface area contributed by atoms with Crippen molar-refractivity contribution < 1.29 is 0 Å². The molecule has 114 valence electrons. The highest BCUT2D eigenvalue weighted by atomic mass is 32.2. The Balaban J connectivity index is 2.16. The lowest BCUT2D eigenvalue weighted by Crippen LogP contribution is -2.13. The van der Waals surface area contributed by atoms with Gasteiger partial charge in [-0.15, -0.1) is 11.8 Å². The van der Waals surface area contributed by atoms with E-state index in [0.29, 0.717) is 5.25 Å². The molecule has 2 rings (SSSR count). The van der Waals surface area contributed by atoms with Crippen molar-refractivity contribution in [2.24, 2.45) is 7.05 Å². The van der Waals surface area contributed by atoms with Gasteiger partial charge >= 0.3 is 0 Å². The number of rotatable bonds is 7. The summed E-state index contributed by atoms with van der Waals surface area (Å²) in [5.74, 6) is 0. The maximum atomic E-state index is 4.62. The summed E-state index contributed by atoms with van der Waals surface area (Å²) in [5.41, 5.74) is 3.54. The summed E-state index contributed by atoms with van der Waals surface area (Å²) in [7, 11) is 1.98. The highest BCUT2D eigenvalue weighted by Gasteiger charge is 2.10. The average Bonchev–Trinajstić information content (AvgIpc) is 2.80. The largest absolute Gasteiger partial charge is 0.313 e. The standard InChI is InChI=1S/C17H25N3S/c1-5-10-18-11-15-12-20(4)19-17(15)14-6-8-16(9-7-14)21-13(2)3/h6-9,12-13,18H,5,10-11H2,1-4H3. The average molecular weight is 303 g/mol. The summed E-state index contributed by atoms with van der Waals surface area (Å²) in [6, 6.07) is 8.74. The van der Waals surface area contributed by atoms with Gasteiger partial charge < -0.3 is 5.32 Å². The molecule has 1 N–H and O–H groups in total. The van der Waals surface area contributed by atoms with E-state index in [1.807, 2.05) is 23.5 Å². The highest BCUT2D eigenvalue weighted by molar-refractivity contribution is 7.99. The van der Waals surface area contributed by atoms with E-state index in [1.165, 1.54) is 16.0 Å². The number of hydrogen-bond acceptors (Lipinski definition) is 3. The Bertz CT molecular complexity index is 558. The summed E-state index contributed by atoms with van der Waals surface area (Å²) in [5, 5.41) is 8.69. The number of nitrogens with one attached hydrogen (secondary N) is 1. The van der Waals surface area contributed by atoms with Crippen LogP contribution in [-0.2, 0) is 13.6 Å². The second-order valence-corrected chi connectivity index (χ2v) is 7.19. The summed E-state index contributed by atoms with van der Waals surface area (Å²) < 4.78 is 1.90. The molecule has 0 fully saturated rings. The summed E-state index contributed by atoms with van der Waals surface area (Å²) in [4.78, 5) is 1.32. The van der Waals surface area contributed by atoms with Crippen molar-refractivity contribution in [3.05, 3.63) is 36.0 Å². The smallest absolute Gasteiger partial charge is 0.0967 e. The molecule has 0 bridgehead atoms. The molecule has 0 saturated heterocycles. The first-order valence-corrected chi connectivity index (χ1v) is 8.48. The second kappa shape index (κ2) is 7.66. The van der Waals surface area contributed by atoms with Gasteiger partial charge in [-0.1, -0.05) is 32.9 Å². The van der Waals surface area contributed by atoms with E-state index in [-0.39, 0.29) is 0 Å². The molecule has 0 saturated carbocycles. The number of thioether (sulfide) groups is 1. The predicted molar refractivity (Wildman–Crippen MR) is 91.6 cm³/mol. The van der Waals surface area contributed by atoms with Gasteiger partial charge in [0, 0.05) is 41.1 Å². The minimum absolute atomic E-state index is 0.611. The molecule has 21 heavy (non-hydrogen) atoms. The molecule has 0 aliphatic heterocycles. The Labute approximate surface area is 132 Å². The molecule has 4 heteroatoms. The van der Waals surface area contributed by atoms with E-state index in [9.17, 15) is 0 Å². The maximum Gasteiger partial charge on any atom is 0.0967 e. The van der Waals surface area contributed by atoms with Crippen LogP contribution in [0, 0.1) is 0 Å². The molecule has 1 heterocycles. The first-order chi connectivity index (χ1) is 10.1. The van der Waals surface area contributed by atoms with Gasteiger partial charge in [-0.25, -0.2) is 0 Å². The molecule has 0 amide bonds. The topological polar surface area (TPSA) is 29.9 Å². The molecule has 3 nitrogen and oxygen atoms in total. The zero-order valence-electron chi connectivity index (χ0n) is 13.4. The minimum Gasteiger partial charge on any atom is -0.313 e. The third kappa shape index (κ3) is 4.61. The fraction of sp³-hybridized carbons (Fsp3) is 0.471. The second-order valence-electron chi connectivity index (χ2n) is 5.54. The van der Waals surface area contributed by atoms with Gasteiger partial charge in [-0.3, -0.25) is 4.68 Å². The summed E-state index contributed by atoms with van der Waals surface area (Å²) in [6.07, 6.45) is 3.26. The fourth-order valence-electron chi connectivity index (χ4n) is 2.27. The lowest BCUT2D eigenvalue weighted by Gasteiger charge is -2.07. The van der Waals surface area contributed by atoms with E-state index in [0.717, 1.165) is 25.2 Å². The number of aryl methyl sites for hydroxylation is 1. The third-order valence-corrected chi connectivity index (χ3v) is 4.16. The Morgan fingerprint density at radius 2 is 1.95 bits per heavy atom. The van der Waals surface area contributed by atoms with Crippen LogP contribution in [0.1, 0.15) is 32.8 Å². The Kier molecular flexibility index (Phi) is 5.88. The van der Waals surface area contributed by atoms with E-state index < -0.39 is 0 Å². The number of aromatic nitrogens is 2. The quantitative estimate of drug-likeness (QED) is 0.617. The van der Waals surface area contributed by atoms with Crippen molar-refractivity contribution in [2.75, 3.05) is 6.54 Å². The molecule has 0 atom stereocenters. The van der Waals surface area contributed by atoms with Crippen molar-refractivity contribution in [3.63, 3.8) is 0 Å². The van der Waals surface area contributed by atoms with Gasteiger partial charge in [0.1, 0.15) is 0 Å². The number of nitrogens with zero attached hydrogens (tertiary/aromatic N) is 2. The molecule has 0 radical (unpaired) electrons. The van der Waals surface area contributed by atoms with Gasteiger partial charge in [0.15, 0.2) is 0 Å². The highest BCUT2D eigenvalue weighted by Crippen LogP contribution is 2.27. The van der Waals surface area contributed by atoms with Crippen LogP contribution >= 0.6 is 11.8 Å². The molecular formula is C17H25N3S. The zero-order chi connectivity index (χ0) is 15.2. The van der Waals surface area contributed by atoms with Crippen LogP contribution in [0.3, 0.4) is 0 Å². The molecule has 0 aliphatic carbocycles. The van der Waals surface area contributed by atoms with E-state index in [2.05, 4.69) is 61.6 Å². The van der Waals surface area contributed by atoms with E-state index in [4.69, 9.17) is 0 Å². The first kappa shape index (κ1) is 16.1. The number of benzene rings is 1. The van der Waals surface area contributed by atoms with Crippen molar-refractivity contribution in [1.29, 1.82) is 0 Å². The minimum atomic E-state index is 0.611. The Morgan fingerprint density at radius 1 is 1.24 bits per heavy atom. The van der Waals surface area contributed by atoms with Gasteiger partial charge in [-0.05, 0) is 25.1 Å². The van der Waals surface area contributed by atoms with Crippen molar-refractivity contribution in [2.45, 2.75) is 43.9 Å². The van der Waals surface area contributed by atoms with Crippen molar-refractivity contribution >= 4 is 11.8 Å². The molecule has 0 spiro atoms. The molecule has 1 aromatic heterocycles. The fourth-order valence-corrected chi connectivity index (χ4v) is 3.11. The monoisotopic (exact) mass is 303 g/mol. The molecule has 0 aliphatic rings. The van der Waals surface area contributed by atoms with Crippen LogP contribution < -0.4 is 5.32 Å². The molecule has 1 aromatic carbocycles. The molecule has 0 unspecified atom stereocenters. The van der Waals surface area contributed by atoms with E-state index in [1.54, 1.807) is 0 Å². The van der Waals surface area contributed by atoms with Crippen molar-refractivity contribution in [3.8, 4) is 11.3 Å². The van der Waals surface area contributed by atoms with Gasteiger partial charge in [0.2, 0.25) is 0 Å². The zero-order valence-corrected chi connectivity index (χ0v) is 14.2. The third-order valence-electron chi connectivity index (χ3n) is 3.15. The van der Waals surface area contributed by atoms with Crippen LogP contribution in [0.4, 0.5) is 0 Å². The van der Waals surface area contributed by atoms with Gasteiger partial charge in [-0.2, -0.15) is 5.10 Å². The first-order valence-electron chi connectivity index (χ1n) is 7.60. The van der Waals surface area contributed by atoms with Crippen LogP contribution in [0.2, 0.25) is 0 Å². The van der Waals surface area contributed by atoms with Crippen molar-refractivity contribution in [1.82, 2.24) is 15.1 Å². The van der Waals surface area contributed by atoms with Crippen LogP contribution in [0.15, 0.2) is 35.4 Å². The van der Waals surface area contributed by atoms with Crippen LogP contribution in [-0.4, -0.2) is 21.6 Å². The number of hydrogen-bond donors (Lipinski definition) is 1. The normalized spacial score (nSPS) is 11.3. The Hall–Kier alpha value is -1.26. The van der Waals surface area contributed by atoms with Crippen LogP contribution in [0.25, 0.3) is 11.3 Å². The predicted octanol–water partition coefficient (Wildman–Crippen LogP) is 4.09. The van der Waals surface area contributed by atoms with Gasteiger partial charge in [0.05, 0.1) is 5.69 Å². The molecule has 2 aromatic rings.